The number of ether oxygens (including phenoxy) is 1. The Morgan fingerprint density at radius 3 is 2.88 bits per heavy atom. The van der Waals surface area contributed by atoms with Gasteiger partial charge < -0.3 is 4.74 Å². The van der Waals surface area contributed by atoms with Gasteiger partial charge in [0.25, 0.3) is 0 Å². The maximum Gasteiger partial charge on any atom is 0.106 e. The first-order chi connectivity index (χ1) is 8.31. The van der Waals surface area contributed by atoms with E-state index in [0.717, 1.165) is 13.0 Å². The third-order valence-electron chi connectivity index (χ3n) is 2.83. The highest BCUT2D eigenvalue weighted by molar-refractivity contribution is 5.34. The van der Waals surface area contributed by atoms with Gasteiger partial charge >= 0.3 is 0 Å². The molecule has 1 heterocycles. The van der Waals surface area contributed by atoms with E-state index in [1.165, 1.54) is 16.7 Å². The van der Waals surface area contributed by atoms with Gasteiger partial charge in [0, 0.05) is 0 Å². The summed E-state index contributed by atoms with van der Waals surface area (Å²) in [6.45, 7) is 6.68. The molecular formula is C16H18O. The van der Waals surface area contributed by atoms with E-state index >= 15 is 0 Å². The Labute approximate surface area is 103 Å². The number of hydrogen-bond acceptors (Lipinski definition) is 1. The van der Waals surface area contributed by atoms with Crippen LogP contribution in [0.4, 0.5) is 0 Å². The maximum absolute atomic E-state index is 5.37. The van der Waals surface area contributed by atoms with E-state index in [9.17, 15) is 0 Å². The van der Waals surface area contributed by atoms with Crippen LogP contribution in [0.3, 0.4) is 0 Å². The molecular weight excluding hydrogens is 208 g/mol. The molecule has 0 N–H and O–H groups in total. The summed E-state index contributed by atoms with van der Waals surface area (Å²) >= 11 is 0. The summed E-state index contributed by atoms with van der Waals surface area (Å²) in [7, 11) is 0. The minimum Gasteiger partial charge on any atom is -0.368 e. The summed E-state index contributed by atoms with van der Waals surface area (Å²) in [5.74, 6) is 0. The number of rotatable bonds is 5. The molecule has 0 bridgehead atoms. The van der Waals surface area contributed by atoms with Crippen molar-refractivity contribution in [3.63, 3.8) is 0 Å². The molecule has 1 atom stereocenters. The Bertz CT molecular complexity index is 450. The van der Waals surface area contributed by atoms with Gasteiger partial charge in [0.05, 0.1) is 6.61 Å². The summed E-state index contributed by atoms with van der Waals surface area (Å²) < 4.78 is 5.37. The molecule has 1 nitrogen and oxygen atoms in total. The van der Waals surface area contributed by atoms with Crippen molar-refractivity contribution in [2.24, 2.45) is 0 Å². The van der Waals surface area contributed by atoms with Gasteiger partial charge in [0.1, 0.15) is 6.10 Å². The van der Waals surface area contributed by atoms with Gasteiger partial charge in [0.2, 0.25) is 0 Å². The van der Waals surface area contributed by atoms with Crippen molar-refractivity contribution in [3.05, 3.63) is 71.8 Å². The Balaban J connectivity index is 2.09. The Kier molecular flexibility index (Phi) is 3.94. The van der Waals surface area contributed by atoms with Crippen LogP contribution >= 0.6 is 0 Å². The van der Waals surface area contributed by atoms with Gasteiger partial charge in [-0.3, -0.25) is 0 Å². The van der Waals surface area contributed by atoms with Gasteiger partial charge in [0.15, 0.2) is 0 Å². The molecule has 0 saturated carbocycles. The first-order valence-corrected chi connectivity index (χ1v) is 5.95. The average molecular weight is 226 g/mol. The molecule has 0 spiro atoms. The van der Waals surface area contributed by atoms with Crippen LogP contribution in [0.1, 0.15) is 24.2 Å². The van der Waals surface area contributed by atoms with Crippen molar-refractivity contribution >= 4 is 0 Å². The lowest BCUT2D eigenvalue weighted by Crippen LogP contribution is -1.93. The van der Waals surface area contributed by atoms with Crippen molar-refractivity contribution in [2.45, 2.75) is 19.4 Å². The van der Waals surface area contributed by atoms with Crippen molar-refractivity contribution in [2.75, 3.05) is 6.61 Å². The van der Waals surface area contributed by atoms with Gasteiger partial charge in [-0.2, -0.15) is 0 Å². The molecule has 1 fully saturated rings. The van der Waals surface area contributed by atoms with Crippen LogP contribution in [0.2, 0.25) is 0 Å². The van der Waals surface area contributed by atoms with Crippen LogP contribution in [-0.2, 0) is 11.2 Å². The smallest absolute Gasteiger partial charge is 0.106 e. The largest absolute Gasteiger partial charge is 0.368 e. The molecule has 1 unspecified atom stereocenters. The number of benzene rings is 1. The van der Waals surface area contributed by atoms with Crippen molar-refractivity contribution in [1.82, 2.24) is 0 Å². The van der Waals surface area contributed by atoms with E-state index in [0.29, 0.717) is 6.10 Å². The molecule has 0 amide bonds. The van der Waals surface area contributed by atoms with Gasteiger partial charge in [-0.1, -0.05) is 60.7 Å². The standard InChI is InChI=1S/C16H18O/c1-3-4-5-8-13(2)11-14-9-6-7-10-15(14)16-12-17-16/h3-10,16H,1,11-12H2,2H3/b5-4-,13-8+. The van der Waals surface area contributed by atoms with Crippen LogP contribution < -0.4 is 0 Å². The molecule has 0 aromatic heterocycles. The lowest BCUT2D eigenvalue weighted by atomic mass is 9.98. The molecule has 1 saturated heterocycles. The van der Waals surface area contributed by atoms with E-state index in [1.807, 2.05) is 12.2 Å². The van der Waals surface area contributed by atoms with E-state index in [4.69, 9.17) is 4.74 Å². The number of allylic oxidation sites excluding steroid dienone is 5. The quantitative estimate of drug-likeness (QED) is 0.546. The third kappa shape index (κ3) is 3.43. The van der Waals surface area contributed by atoms with Gasteiger partial charge in [-0.25, -0.2) is 0 Å². The summed E-state index contributed by atoms with van der Waals surface area (Å²) in [5.41, 5.74) is 4.06. The lowest BCUT2D eigenvalue weighted by molar-refractivity contribution is 0.414. The normalized spacial score (nSPS) is 19.6. The average Bonchev–Trinajstić information content (AvgIpc) is 3.14. The zero-order valence-corrected chi connectivity index (χ0v) is 10.2. The lowest BCUT2D eigenvalue weighted by Gasteiger charge is -2.07. The highest BCUT2D eigenvalue weighted by Crippen LogP contribution is 2.32. The van der Waals surface area contributed by atoms with E-state index in [-0.39, 0.29) is 0 Å². The van der Waals surface area contributed by atoms with Crippen LogP contribution in [-0.4, -0.2) is 6.61 Å². The molecule has 0 radical (unpaired) electrons. The minimum absolute atomic E-state index is 0.336. The molecule has 1 aromatic rings. The molecule has 1 aromatic carbocycles. The van der Waals surface area contributed by atoms with Crippen molar-refractivity contribution < 1.29 is 4.74 Å². The summed E-state index contributed by atoms with van der Waals surface area (Å²) in [6, 6.07) is 8.52. The highest BCUT2D eigenvalue weighted by Gasteiger charge is 2.26. The predicted molar refractivity (Wildman–Crippen MR) is 71.9 cm³/mol. The second-order valence-electron chi connectivity index (χ2n) is 4.33. The number of hydrogen-bond donors (Lipinski definition) is 0. The molecule has 1 aliphatic rings. The SMILES string of the molecule is C=C/C=C\C=C(/C)Cc1ccccc1C1CO1. The zero-order chi connectivity index (χ0) is 12.1. The maximum atomic E-state index is 5.37. The monoisotopic (exact) mass is 226 g/mol. The fraction of sp³-hybridized carbons (Fsp3) is 0.250. The molecule has 0 aliphatic carbocycles. The first kappa shape index (κ1) is 11.9. The molecule has 2 rings (SSSR count). The Hall–Kier alpha value is -1.60. The second-order valence-corrected chi connectivity index (χ2v) is 4.33. The Morgan fingerprint density at radius 2 is 2.18 bits per heavy atom. The number of epoxide rings is 1. The Morgan fingerprint density at radius 1 is 1.41 bits per heavy atom. The minimum atomic E-state index is 0.336. The fourth-order valence-corrected chi connectivity index (χ4v) is 1.89. The highest BCUT2D eigenvalue weighted by atomic mass is 16.6. The second kappa shape index (κ2) is 5.65. The predicted octanol–water partition coefficient (Wildman–Crippen LogP) is 3.99. The first-order valence-electron chi connectivity index (χ1n) is 5.95. The van der Waals surface area contributed by atoms with Crippen molar-refractivity contribution in [3.8, 4) is 0 Å². The molecule has 88 valence electrons. The van der Waals surface area contributed by atoms with Gasteiger partial charge in [-0.05, 0) is 24.5 Å². The summed E-state index contributed by atoms with van der Waals surface area (Å²) in [4.78, 5) is 0. The van der Waals surface area contributed by atoms with E-state index < -0.39 is 0 Å². The molecule has 17 heavy (non-hydrogen) atoms. The van der Waals surface area contributed by atoms with Crippen LogP contribution in [0.5, 0.6) is 0 Å². The van der Waals surface area contributed by atoms with Gasteiger partial charge in [-0.15, -0.1) is 0 Å². The third-order valence-corrected chi connectivity index (χ3v) is 2.83. The topological polar surface area (TPSA) is 12.5 Å². The van der Waals surface area contributed by atoms with Crippen LogP contribution in [0.15, 0.2) is 60.7 Å². The fourth-order valence-electron chi connectivity index (χ4n) is 1.89. The summed E-state index contributed by atoms with van der Waals surface area (Å²) in [6.07, 6.45) is 9.21. The van der Waals surface area contributed by atoms with E-state index in [2.05, 4.69) is 43.8 Å². The van der Waals surface area contributed by atoms with Crippen LogP contribution in [0, 0.1) is 0 Å². The summed E-state index contributed by atoms with van der Waals surface area (Å²) in [5, 5.41) is 0. The molecule has 1 heteroatoms. The van der Waals surface area contributed by atoms with E-state index in [1.54, 1.807) is 6.08 Å². The zero-order valence-electron chi connectivity index (χ0n) is 10.2. The van der Waals surface area contributed by atoms with Crippen LogP contribution in [0.25, 0.3) is 0 Å². The molecule has 1 aliphatic heterocycles. The van der Waals surface area contributed by atoms with Crippen molar-refractivity contribution in [1.29, 1.82) is 0 Å².